The monoisotopic (exact) mass is 152 g/mol. The van der Waals surface area contributed by atoms with Gasteiger partial charge >= 0.3 is 0 Å². The molecule has 0 bridgehead atoms. The molecule has 0 atom stereocenters. The summed E-state index contributed by atoms with van der Waals surface area (Å²) in [6, 6.07) is 0. The van der Waals surface area contributed by atoms with Gasteiger partial charge in [0.25, 0.3) is 0 Å². The number of aliphatic hydroxyl groups excluding tert-OH is 1. The minimum absolute atomic E-state index is 0.190. The first-order valence-electron chi connectivity index (χ1n) is 2.71. The number of rotatable bonds is 4. The second-order valence-corrected chi connectivity index (χ2v) is 2.57. The quantitative estimate of drug-likeness (QED) is 0.513. The van der Waals surface area contributed by atoms with E-state index in [0.717, 1.165) is 24.3 Å². The second kappa shape index (κ2) is 5.79. The lowest BCUT2D eigenvalue weighted by Crippen LogP contribution is -2.06. The van der Waals surface area contributed by atoms with Crippen molar-refractivity contribution in [3.63, 3.8) is 0 Å². The van der Waals surface area contributed by atoms with Gasteiger partial charge in [-0.15, -0.1) is 0 Å². The summed E-state index contributed by atoms with van der Waals surface area (Å²) < 4.78 is 0. The fourth-order valence-corrected chi connectivity index (χ4v) is 1.04. The van der Waals surface area contributed by atoms with Gasteiger partial charge in [-0.05, 0) is 24.3 Å². The lowest BCUT2D eigenvalue weighted by Gasteiger charge is -2.04. The summed E-state index contributed by atoms with van der Waals surface area (Å²) >= 11 is 7.94. The third-order valence-electron chi connectivity index (χ3n) is 0.925. The Hall–Kier alpha value is 0.660. The van der Waals surface area contributed by atoms with Crippen LogP contribution in [0.5, 0.6) is 0 Å². The van der Waals surface area contributed by atoms with E-state index in [0.29, 0.717) is 0 Å². The third-order valence-corrected chi connectivity index (χ3v) is 1.44. The zero-order valence-electron chi connectivity index (χ0n) is 4.75. The average molecular weight is 152 g/mol. The van der Waals surface area contributed by atoms with Crippen LogP contribution < -0.4 is 0 Å². The zero-order chi connectivity index (χ0) is 6.41. The summed E-state index contributed by atoms with van der Waals surface area (Å²) in [6.45, 7) is 0. The average Bonchev–Trinajstić information content (AvgIpc) is 1.68. The van der Waals surface area contributed by atoms with Crippen molar-refractivity contribution < 1.29 is 5.11 Å². The van der Waals surface area contributed by atoms with Crippen molar-refractivity contribution in [2.45, 2.75) is 18.9 Å². The standard InChI is InChI=1S/C5H12OS2/c6-5(1-3-7)2-4-8/h5-8H,1-4H2. The minimum Gasteiger partial charge on any atom is -0.393 e. The lowest BCUT2D eigenvalue weighted by atomic mass is 10.2. The summed E-state index contributed by atoms with van der Waals surface area (Å²) in [7, 11) is 0. The topological polar surface area (TPSA) is 20.2 Å². The predicted octanol–water partition coefficient (Wildman–Crippen LogP) is 0.987. The van der Waals surface area contributed by atoms with E-state index in [-0.39, 0.29) is 6.10 Å². The van der Waals surface area contributed by atoms with E-state index in [1.165, 1.54) is 0 Å². The molecule has 1 N–H and O–H groups in total. The van der Waals surface area contributed by atoms with Gasteiger partial charge < -0.3 is 5.11 Å². The maximum absolute atomic E-state index is 8.95. The molecule has 0 saturated heterocycles. The van der Waals surface area contributed by atoms with Gasteiger partial charge in [0.1, 0.15) is 0 Å². The van der Waals surface area contributed by atoms with E-state index in [2.05, 4.69) is 25.3 Å². The maximum atomic E-state index is 8.95. The van der Waals surface area contributed by atoms with Crippen molar-refractivity contribution in [2.24, 2.45) is 0 Å². The zero-order valence-corrected chi connectivity index (χ0v) is 6.54. The van der Waals surface area contributed by atoms with E-state index >= 15 is 0 Å². The molecule has 0 spiro atoms. The maximum Gasteiger partial charge on any atom is 0.0555 e. The molecule has 8 heavy (non-hydrogen) atoms. The highest BCUT2D eigenvalue weighted by atomic mass is 32.1. The van der Waals surface area contributed by atoms with Gasteiger partial charge in [0, 0.05) is 0 Å². The molecule has 0 aliphatic carbocycles. The molecular formula is C5H12OS2. The fraction of sp³-hybridized carbons (Fsp3) is 1.00. The molecule has 50 valence electrons. The van der Waals surface area contributed by atoms with Crippen molar-refractivity contribution in [1.82, 2.24) is 0 Å². The van der Waals surface area contributed by atoms with Crippen LogP contribution in [-0.4, -0.2) is 22.7 Å². The molecule has 0 heterocycles. The molecule has 0 aromatic rings. The highest BCUT2D eigenvalue weighted by Gasteiger charge is 1.98. The Morgan fingerprint density at radius 2 is 1.50 bits per heavy atom. The van der Waals surface area contributed by atoms with E-state index in [1.807, 2.05) is 0 Å². The van der Waals surface area contributed by atoms with Crippen molar-refractivity contribution >= 4 is 25.3 Å². The normalized spacial score (nSPS) is 10.5. The molecule has 0 rings (SSSR count). The van der Waals surface area contributed by atoms with E-state index in [9.17, 15) is 0 Å². The molecule has 0 unspecified atom stereocenters. The molecule has 0 aliphatic heterocycles. The van der Waals surface area contributed by atoms with Crippen molar-refractivity contribution in [3.05, 3.63) is 0 Å². The molecule has 0 fully saturated rings. The fourth-order valence-electron chi connectivity index (χ4n) is 0.442. The van der Waals surface area contributed by atoms with Crippen LogP contribution in [0.15, 0.2) is 0 Å². The van der Waals surface area contributed by atoms with Crippen LogP contribution >= 0.6 is 25.3 Å². The largest absolute Gasteiger partial charge is 0.393 e. The van der Waals surface area contributed by atoms with Crippen LogP contribution in [-0.2, 0) is 0 Å². The van der Waals surface area contributed by atoms with E-state index in [4.69, 9.17) is 5.11 Å². The van der Waals surface area contributed by atoms with E-state index in [1.54, 1.807) is 0 Å². The first-order valence-corrected chi connectivity index (χ1v) is 3.97. The van der Waals surface area contributed by atoms with Crippen LogP contribution in [0, 0.1) is 0 Å². The van der Waals surface area contributed by atoms with Crippen LogP contribution in [0.4, 0.5) is 0 Å². The Balaban J connectivity index is 2.92. The Kier molecular flexibility index (Phi) is 6.27. The van der Waals surface area contributed by atoms with E-state index < -0.39 is 0 Å². The molecule has 0 aromatic carbocycles. The van der Waals surface area contributed by atoms with Gasteiger partial charge in [0.15, 0.2) is 0 Å². The summed E-state index contributed by atoms with van der Waals surface area (Å²) in [6.07, 6.45) is 1.37. The van der Waals surface area contributed by atoms with Crippen LogP contribution in [0.2, 0.25) is 0 Å². The molecule has 0 saturated carbocycles. The molecule has 0 aromatic heterocycles. The van der Waals surface area contributed by atoms with Crippen molar-refractivity contribution in [2.75, 3.05) is 11.5 Å². The first kappa shape index (κ1) is 8.66. The molecule has 0 radical (unpaired) electrons. The molecule has 3 heteroatoms. The van der Waals surface area contributed by atoms with Gasteiger partial charge in [0.05, 0.1) is 6.10 Å². The van der Waals surface area contributed by atoms with Crippen molar-refractivity contribution in [3.8, 4) is 0 Å². The SMILES string of the molecule is OC(CCS)CCS. The Morgan fingerprint density at radius 3 is 1.75 bits per heavy atom. The molecular weight excluding hydrogens is 140 g/mol. The summed E-state index contributed by atoms with van der Waals surface area (Å²) in [5.74, 6) is 1.52. The number of thiol groups is 2. The summed E-state index contributed by atoms with van der Waals surface area (Å²) in [5, 5.41) is 8.95. The number of hydrogen-bond acceptors (Lipinski definition) is 3. The van der Waals surface area contributed by atoms with Gasteiger partial charge in [-0.1, -0.05) is 0 Å². The highest BCUT2D eigenvalue weighted by Crippen LogP contribution is 1.99. The van der Waals surface area contributed by atoms with Crippen LogP contribution in [0.1, 0.15) is 12.8 Å². The molecule has 0 amide bonds. The summed E-state index contributed by atoms with van der Waals surface area (Å²) in [4.78, 5) is 0. The Labute approximate surface area is 61.3 Å². The van der Waals surface area contributed by atoms with Crippen LogP contribution in [0.25, 0.3) is 0 Å². The van der Waals surface area contributed by atoms with Crippen LogP contribution in [0.3, 0.4) is 0 Å². The molecule has 0 aliphatic rings. The summed E-state index contributed by atoms with van der Waals surface area (Å²) in [5.41, 5.74) is 0. The van der Waals surface area contributed by atoms with Gasteiger partial charge in [0.2, 0.25) is 0 Å². The lowest BCUT2D eigenvalue weighted by molar-refractivity contribution is 0.169. The molecule has 1 nitrogen and oxygen atoms in total. The third kappa shape index (κ3) is 4.81. The minimum atomic E-state index is -0.190. The van der Waals surface area contributed by atoms with Gasteiger partial charge in [-0.25, -0.2) is 0 Å². The van der Waals surface area contributed by atoms with Gasteiger partial charge in [-0.2, -0.15) is 25.3 Å². The van der Waals surface area contributed by atoms with Crippen molar-refractivity contribution in [1.29, 1.82) is 0 Å². The Bertz CT molecular complexity index is 43.7. The Morgan fingerprint density at radius 1 is 1.12 bits per heavy atom. The highest BCUT2D eigenvalue weighted by molar-refractivity contribution is 7.80. The first-order chi connectivity index (χ1) is 3.81. The number of hydrogen-bond donors (Lipinski definition) is 3. The van der Waals surface area contributed by atoms with Gasteiger partial charge in [-0.3, -0.25) is 0 Å². The smallest absolute Gasteiger partial charge is 0.0555 e. The number of aliphatic hydroxyl groups is 1. The predicted molar refractivity (Wildman–Crippen MR) is 42.9 cm³/mol. The second-order valence-electron chi connectivity index (χ2n) is 1.68.